The fourth-order valence-electron chi connectivity index (χ4n) is 3.17. The molecular weight excluding hydrogens is 618 g/mol. The van der Waals surface area contributed by atoms with Crippen LogP contribution in [0.5, 0.6) is 23.0 Å². The molecule has 0 bridgehead atoms. The Morgan fingerprint density at radius 1 is 0.550 bits per heavy atom. The summed E-state index contributed by atoms with van der Waals surface area (Å²) in [6, 6.07) is 26.1. The molecule has 0 aliphatic heterocycles. The number of carbonyl (C=O) groups is 1. The van der Waals surface area contributed by atoms with E-state index in [1.165, 1.54) is 7.11 Å². The van der Waals surface area contributed by atoms with E-state index in [9.17, 15) is 4.79 Å². The van der Waals surface area contributed by atoms with Gasteiger partial charge in [0.2, 0.25) is 3.79 Å². The Balaban J connectivity index is 0.000000228. The van der Waals surface area contributed by atoms with Crippen LogP contribution in [0.2, 0.25) is 10.0 Å². The fourth-order valence-corrected chi connectivity index (χ4v) is 3.80. The lowest BCUT2D eigenvalue weighted by atomic mass is 10.0. The summed E-state index contributed by atoms with van der Waals surface area (Å²) in [5.41, 5.74) is 1.74. The summed E-state index contributed by atoms with van der Waals surface area (Å²) in [4.78, 5) is 12.3. The van der Waals surface area contributed by atoms with E-state index in [0.29, 0.717) is 38.2 Å². The Hall–Kier alpha value is -2.80. The monoisotopic (exact) mass is 642 g/mol. The second-order valence-corrected chi connectivity index (χ2v) is 10.9. The minimum atomic E-state index is -1.36. The number of methoxy groups -OCH3 is 4. The van der Waals surface area contributed by atoms with Crippen molar-refractivity contribution in [2.24, 2.45) is 0 Å². The molecule has 0 aromatic heterocycles. The molecule has 0 unspecified atom stereocenters. The average molecular weight is 645 g/mol. The van der Waals surface area contributed by atoms with Crippen LogP contribution in [0, 0.1) is 0 Å². The molecule has 0 aliphatic rings. The Morgan fingerprint density at radius 3 is 1.38 bits per heavy atom. The molecule has 10 heteroatoms. The molecule has 0 heterocycles. The van der Waals surface area contributed by atoms with Crippen molar-refractivity contribution in [1.29, 1.82) is 0 Å². The van der Waals surface area contributed by atoms with Crippen molar-refractivity contribution >= 4 is 63.8 Å². The van der Waals surface area contributed by atoms with Gasteiger partial charge in [0.25, 0.3) is 0 Å². The molecule has 4 aromatic rings. The topological polar surface area (TPSA) is 54.0 Å². The Bertz CT molecular complexity index is 1330. The number of para-hydroxylation sites is 2. The highest BCUT2D eigenvalue weighted by molar-refractivity contribution is 6.66. The SMILES string of the molecule is COc1ccc(C(=O)c2ccc(Cl)cc2)cc1OC.COc1ccccc1OC.Clc1ccc(C(Cl)(Cl)Cl)cc1. The number of ether oxygens (including phenoxy) is 4. The van der Waals surface area contributed by atoms with Gasteiger partial charge in [-0.2, -0.15) is 0 Å². The molecule has 4 rings (SSSR count). The number of hydrogen-bond donors (Lipinski definition) is 0. The van der Waals surface area contributed by atoms with Gasteiger partial charge < -0.3 is 18.9 Å². The highest BCUT2D eigenvalue weighted by Gasteiger charge is 2.21. The molecule has 0 amide bonds. The molecule has 0 radical (unpaired) electrons. The van der Waals surface area contributed by atoms with Crippen molar-refractivity contribution in [2.75, 3.05) is 28.4 Å². The maximum atomic E-state index is 12.3. The molecule has 5 nitrogen and oxygen atoms in total. The van der Waals surface area contributed by atoms with Gasteiger partial charge in [-0.1, -0.05) is 82.3 Å². The Labute approximate surface area is 259 Å². The van der Waals surface area contributed by atoms with E-state index in [4.69, 9.17) is 77.0 Å². The molecule has 0 fully saturated rings. The van der Waals surface area contributed by atoms with E-state index < -0.39 is 3.79 Å². The second kappa shape index (κ2) is 16.5. The van der Waals surface area contributed by atoms with Crippen LogP contribution in [0.3, 0.4) is 0 Å². The molecule has 40 heavy (non-hydrogen) atoms. The number of rotatable bonds is 6. The largest absolute Gasteiger partial charge is 0.493 e. The molecule has 0 aliphatic carbocycles. The first-order valence-electron chi connectivity index (χ1n) is 11.6. The average Bonchev–Trinajstić information content (AvgIpc) is 2.97. The van der Waals surface area contributed by atoms with E-state index in [-0.39, 0.29) is 5.78 Å². The molecule has 0 atom stereocenters. The molecule has 212 valence electrons. The first-order chi connectivity index (χ1) is 19.0. The number of hydrogen-bond acceptors (Lipinski definition) is 5. The van der Waals surface area contributed by atoms with E-state index in [0.717, 1.165) is 11.5 Å². The summed E-state index contributed by atoms with van der Waals surface area (Å²) < 4.78 is 19.0. The zero-order valence-electron chi connectivity index (χ0n) is 22.1. The summed E-state index contributed by atoms with van der Waals surface area (Å²) in [6.45, 7) is 0. The van der Waals surface area contributed by atoms with E-state index in [1.807, 2.05) is 24.3 Å². The smallest absolute Gasteiger partial charge is 0.216 e. The fraction of sp³-hybridized carbons (Fsp3) is 0.167. The van der Waals surface area contributed by atoms with E-state index >= 15 is 0 Å². The normalized spacial score (nSPS) is 10.2. The molecule has 0 spiro atoms. The quantitative estimate of drug-likeness (QED) is 0.155. The zero-order valence-corrected chi connectivity index (χ0v) is 25.9. The third-order valence-electron chi connectivity index (χ3n) is 5.21. The van der Waals surface area contributed by atoms with Crippen molar-refractivity contribution in [3.8, 4) is 23.0 Å². The minimum absolute atomic E-state index is 0.0855. The van der Waals surface area contributed by atoms with E-state index in [1.54, 1.807) is 88.1 Å². The number of alkyl halides is 3. The van der Waals surface area contributed by atoms with Crippen LogP contribution in [-0.2, 0) is 3.79 Å². The van der Waals surface area contributed by atoms with Gasteiger partial charge in [0.15, 0.2) is 28.8 Å². The summed E-state index contributed by atoms with van der Waals surface area (Å²) in [6.07, 6.45) is 0. The van der Waals surface area contributed by atoms with E-state index in [2.05, 4.69) is 0 Å². The molecule has 0 saturated heterocycles. The highest BCUT2D eigenvalue weighted by Crippen LogP contribution is 2.38. The summed E-state index contributed by atoms with van der Waals surface area (Å²) in [5, 5.41) is 1.23. The minimum Gasteiger partial charge on any atom is -0.493 e. The van der Waals surface area contributed by atoms with Crippen LogP contribution in [0.4, 0.5) is 0 Å². The standard InChI is InChI=1S/C15H13ClO3.C8H10O2.C7H4Cl4/c1-18-13-8-5-11(9-14(13)19-2)15(17)10-3-6-12(16)7-4-10;1-9-7-5-3-4-6-8(7)10-2;8-6-3-1-5(2-4-6)7(9,10)11/h3-9H,1-2H3;3-6H,1-2H3;1-4H. The predicted molar refractivity (Wildman–Crippen MR) is 165 cm³/mol. The summed E-state index contributed by atoms with van der Waals surface area (Å²) in [5.74, 6) is 2.57. The maximum absolute atomic E-state index is 12.3. The van der Waals surface area contributed by atoms with Gasteiger partial charge in [0.05, 0.1) is 28.4 Å². The number of halogens is 5. The Kier molecular flexibility index (Phi) is 13.7. The van der Waals surface area contributed by atoms with Crippen LogP contribution in [0.1, 0.15) is 21.5 Å². The van der Waals surface area contributed by atoms with Gasteiger partial charge >= 0.3 is 0 Å². The van der Waals surface area contributed by atoms with Crippen LogP contribution >= 0.6 is 58.0 Å². The van der Waals surface area contributed by atoms with Crippen LogP contribution in [-0.4, -0.2) is 34.2 Å². The highest BCUT2D eigenvalue weighted by atomic mass is 35.6. The lowest BCUT2D eigenvalue weighted by Gasteiger charge is -2.09. The molecule has 0 N–H and O–H groups in total. The maximum Gasteiger partial charge on any atom is 0.216 e. The predicted octanol–water partition coefficient (Wildman–Crippen LogP) is 9.46. The zero-order chi connectivity index (χ0) is 29.7. The third kappa shape index (κ3) is 10.3. The van der Waals surface area contributed by atoms with Gasteiger partial charge in [0.1, 0.15) is 0 Å². The molecule has 0 saturated carbocycles. The summed E-state index contributed by atoms with van der Waals surface area (Å²) >= 11 is 28.2. The van der Waals surface area contributed by atoms with Gasteiger partial charge in [0, 0.05) is 26.7 Å². The second-order valence-electron chi connectivity index (χ2n) is 7.77. The van der Waals surface area contributed by atoms with Crippen LogP contribution in [0.15, 0.2) is 91.0 Å². The summed E-state index contributed by atoms with van der Waals surface area (Å²) in [7, 11) is 6.34. The number of carbonyl (C=O) groups excluding carboxylic acids is 1. The van der Waals surface area contributed by atoms with Crippen LogP contribution in [0.25, 0.3) is 0 Å². The van der Waals surface area contributed by atoms with Gasteiger partial charge in [-0.25, -0.2) is 0 Å². The van der Waals surface area contributed by atoms with Gasteiger partial charge in [-0.3, -0.25) is 4.79 Å². The van der Waals surface area contributed by atoms with Crippen molar-refractivity contribution < 1.29 is 23.7 Å². The number of benzene rings is 4. The lowest BCUT2D eigenvalue weighted by Crippen LogP contribution is -2.02. The molecular formula is C30H27Cl5O5. The lowest BCUT2D eigenvalue weighted by molar-refractivity contribution is 0.103. The van der Waals surface area contributed by atoms with Gasteiger partial charge in [-0.05, 0) is 66.7 Å². The third-order valence-corrected chi connectivity index (χ3v) is 6.37. The van der Waals surface area contributed by atoms with Crippen molar-refractivity contribution in [2.45, 2.75) is 3.79 Å². The first kappa shape index (κ1) is 33.4. The van der Waals surface area contributed by atoms with Crippen molar-refractivity contribution in [3.05, 3.63) is 118 Å². The Morgan fingerprint density at radius 2 is 0.950 bits per heavy atom. The van der Waals surface area contributed by atoms with Crippen molar-refractivity contribution in [1.82, 2.24) is 0 Å². The number of ketones is 1. The first-order valence-corrected chi connectivity index (χ1v) is 13.4. The molecule has 4 aromatic carbocycles. The van der Waals surface area contributed by atoms with Gasteiger partial charge in [-0.15, -0.1) is 0 Å². The van der Waals surface area contributed by atoms with Crippen LogP contribution < -0.4 is 18.9 Å². The van der Waals surface area contributed by atoms with Crippen molar-refractivity contribution in [3.63, 3.8) is 0 Å².